The zero-order chi connectivity index (χ0) is 10.5. The molecule has 0 rings (SSSR count). The highest BCUT2D eigenvalue weighted by molar-refractivity contribution is 5.68. The average molecular weight is 191 g/mol. The minimum atomic E-state index is -0.845. The third kappa shape index (κ3) is 6.36. The minimum absolute atomic E-state index is 0.381. The predicted molar refractivity (Wildman–Crippen MR) is 47.3 cm³/mol. The van der Waals surface area contributed by atoms with Gasteiger partial charge in [-0.2, -0.15) is 0 Å². The van der Waals surface area contributed by atoms with E-state index in [9.17, 15) is 4.79 Å². The molecule has 5 nitrogen and oxygen atoms in total. The molecule has 0 spiro atoms. The predicted octanol–water partition coefficient (Wildman–Crippen LogP) is -0.136. The van der Waals surface area contributed by atoms with E-state index in [0.717, 1.165) is 0 Å². The van der Waals surface area contributed by atoms with Crippen LogP contribution < -0.4 is 5.32 Å². The highest BCUT2D eigenvalue weighted by atomic mass is 16.6. The number of alkyl carbamates (subject to hydrolysis) is 1. The molecule has 78 valence electrons. The number of carbonyl (C=O) groups excluding carboxylic acids is 1. The molecular formula is C8H17NO4. The molecule has 0 saturated carbocycles. The molecule has 0 aliphatic rings. The molecule has 1 amide bonds. The Balaban J connectivity index is 3.86. The van der Waals surface area contributed by atoms with Crippen LogP contribution in [-0.2, 0) is 4.74 Å². The first-order valence-corrected chi connectivity index (χ1v) is 4.09. The fourth-order valence-corrected chi connectivity index (χ4v) is 0.619. The Morgan fingerprint density at radius 1 is 1.38 bits per heavy atom. The number of carbonyl (C=O) groups is 1. The van der Waals surface area contributed by atoms with Gasteiger partial charge in [-0.3, -0.25) is 0 Å². The molecule has 0 aliphatic heterocycles. The lowest BCUT2D eigenvalue weighted by atomic mass is 10.1. The zero-order valence-corrected chi connectivity index (χ0v) is 8.20. The Bertz CT molecular complexity index is 160. The van der Waals surface area contributed by atoms with Crippen LogP contribution in [0.5, 0.6) is 0 Å². The van der Waals surface area contributed by atoms with Gasteiger partial charge < -0.3 is 20.3 Å². The van der Waals surface area contributed by atoms with Crippen molar-refractivity contribution in [2.24, 2.45) is 0 Å². The summed E-state index contributed by atoms with van der Waals surface area (Å²) in [5, 5.41) is 19.8. The van der Waals surface area contributed by atoms with Crippen molar-refractivity contribution in [2.45, 2.75) is 32.4 Å². The summed E-state index contributed by atoms with van der Waals surface area (Å²) in [5.74, 6) is 0. The second-order valence-corrected chi connectivity index (χ2v) is 3.77. The van der Waals surface area contributed by atoms with Crippen LogP contribution in [0.1, 0.15) is 20.8 Å². The van der Waals surface area contributed by atoms with E-state index in [0.29, 0.717) is 0 Å². The molecule has 0 unspecified atom stereocenters. The molecule has 0 atom stereocenters. The number of ether oxygens (including phenoxy) is 1. The van der Waals surface area contributed by atoms with Crippen molar-refractivity contribution >= 4 is 6.09 Å². The molecule has 0 bridgehead atoms. The maximum absolute atomic E-state index is 11.0. The number of hydrogen-bond acceptors (Lipinski definition) is 4. The lowest BCUT2D eigenvalue weighted by Crippen LogP contribution is -2.43. The van der Waals surface area contributed by atoms with Crippen molar-refractivity contribution in [3.63, 3.8) is 0 Å². The van der Waals surface area contributed by atoms with Crippen molar-refractivity contribution in [2.75, 3.05) is 13.2 Å². The third-order valence-corrected chi connectivity index (χ3v) is 1.16. The van der Waals surface area contributed by atoms with Gasteiger partial charge in [0.05, 0.1) is 13.2 Å². The summed E-state index contributed by atoms with van der Waals surface area (Å²) in [4.78, 5) is 11.0. The van der Waals surface area contributed by atoms with Crippen LogP contribution in [0, 0.1) is 0 Å². The first kappa shape index (κ1) is 12.2. The van der Waals surface area contributed by atoms with Crippen LogP contribution >= 0.6 is 0 Å². The Labute approximate surface area is 77.7 Å². The van der Waals surface area contributed by atoms with Crippen LogP contribution in [0.25, 0.3) is 0 Å². The Hall–Kier alpha value is -0.810. The van der Waals surface area contributed by atoms with Gasteiger partial charge in [0, 0.05) is 5.54 Å². The van der Waals surface area contributed by atoms with Crippen LogP contribution in [0.3, 0.4) is 0 Å². The molecule has 0 saturated heterocycles. The van der Waals surface area contributed by atoms with Crippen molar-refractivity contribution in [3.05, 3.63) is 0 Å². The van der Waals surface area contributed by atoms with Crippen molar-refractivity contribution in [1.82, 2.24) is 5.32 Å². The Morgan fingerprint density at radius 3 is 2.15 bits per heavy atom. The van der Waals surface area contributed by atoms with Gasteiger partial charge in [0.2, 0.25) is 0 Å². The van der Waals surface area contributed by atoms with Crippen molar-refractivity contribution in [1.29, 1.82) is 0 Å². The lowest BCUT2D eigenvalue weighted by molar-refractivity contribution is 0.0195. The molecule has 13 heavy (non-hydrogen) atoms. The van der Waals surface area contributed by atoms with Gasteiger partial charge in [0.15, 0.2) is 0 Å². The van der Waals surface area contributed by atoms with Gasteiger partial charge in [-0.1, -0.05) is 0 Å². The van der Waals surface area contributed by atoms with E-state index in [2.05, 4.69) is 10.1 Å². The lowest BCUT2D eigenvalue weighted by Gasteiger charge is -2.21. The zero-order valence-electron chi connectivity index (χ0n) is 8.20. The van der Waals surface area contributed by atoms with E-state index in [1.807, 2.05) is 0 Å². The molecule has 0 aromatic carbocycles. The van der Waals surface area contributed by atoms with Crippen LogP contribution in [-0.4, -0.2) is 41.2 Å². The Morgan fingerprint density at radius 2 is 1.85 bits per heavy atom. The Kier molecular flexibility index (Phi) is 4.72. The summed E-state index contributed by atoms with van der Waals surface area (Å²) in [5.41, 5.74) is -0.382. The van der Waals surface area contributed by atoms with Gasteiger partial charge in [0.25, 0.3) is 0 Å². The molecule has 0 aliphatic carbocycles. The number of aliphatic hydroxyl groups excluding tert-OH is 2. The first-order valence-electron chi connectivity index (χ1n) is 4.09. The van der Waals surface area contributed by atoms with Gasteiger partial charge in [-0.15, -0.1) is 0 Å². The highest BCUT2D eigenvalue weighted by Gasteiger charge is 2.17. The fourth-order valence-electron chi connectivity index (χ4n) is 0.619. The third-order valence-electron chi connectivity index (χ3n) is 1.16. The quantitative estimate of drug-likeness (QED) is 0.580. The molecular weight excluding hydrogens is 174 g/mol. The van der Waals surface area contributed by atoms with Gasteiger partial charge >= 0.3 is 6.09 Å². The molecule has 3 N–H and O–H groups in total. The van der Waals surface area contributed by atoms with Crippen molar-refractivity contribution < 1.29 is 19.7 Å². The number of rotatable bonds is 3. The topological polar surface area (TPSA) is 78.8 Å². The molecule has 0 aromatic heterocycles. The van der Waals surface area contributed by atoms with Crippen LogP contribution in [0.4, 0.5) is 4.79 Å². The normalized spacial score (nSPS) is 11.5. The van der Waals surface area contributed by atoms with E-state index < -0.39 is 12.2 Å². The summed E-state index contributed by atoms with van der Waals surface area (Å²) in [6.45, 7) is 4.66. The van der Waals surface area contributed by atoms with E-state index in [1.165, 1.54) is 0 Å². The van der Waals surface area contributed by atoms with Crippen molar-refractivity contribution in [3.8, 4) is 0 Å². The summed E-state index contributed by atoms with van der Waals surface area (Å²) >= 11 is 0. The largest absolute Gasteiger partial charge is 0.441 e. The van der Waals surface area contributed by atoms with Crippen LogP contribution in [0.2, 0.25) is 0 Å². The fraction of sp³-hybridized carbons (Fsp3) is 0.875. The molecule has 5 heteroatoms. The number of aliphatic hydroxyl groups is 2. The number of nitrogens with one attached hydrogen (secondary N) is 1. The first-order chi connectivity index (χ1) is 5.89. The molecule has 0 radical (unpaired) electrons. The van der Waals surface area contributed by atoms with Gasteiger partial charge in [0.1, 0.15) is 6.10 Å². The highest BCUT2D eigenvalue weighted by Crippen LogP contribution is 2.00. The van der Waals surface area contributed by atoms with Crippen LogP contribution in [0.15, 0.2) is 0 Å². The maximum Gasteiger partial charge on any atom is 0.407 e. The number of amides is 1. The summed E-state index contributed by atoms with van der Waals surface area (Å²) < 4.78 is 4.67. The SMILES string of the molecule is CC(C)(C)NC(=O)OC(CO)CO. The smallest absolute Gasteiger partial charge is 0.407 e. The van der Waals surface area contributed by atoms with E-state index >= 15 is 0 Å². The average Bonchev–Trinajstić information content (AvgIpc) is 1.96. The second-order valence-electron chi connectivity index (χ2n) is 3.77. The second kappa shape index (κ2) is 5.04. The molecule has 0 aromatic rings. The maximum atomic E-state index is 11.0. The molecule has 0 fully saturated rings. The van der Waals surface area contributed by atoms with Gasteiger partial charge in [-0.25, -0.2) is 4.79 Å². The summed E-state index contributed by atoms with van der Waals surface area (Å²) in [6.07, 6.45) is -1.48. The van der Waals surface area contributed by atoms with Gasteiger partial charge in [-0.05, 0) is 20.8 Å². The van der Waals surface area contributed by atoms with E-state index in [-0.39, 0.29) is 18.8 Å². The minimum Gasteiger partial charge on any atom is -0.441 e. The summed E-state index contributed by atoms with van der Waals surface area (Å²) in [7, 11) is 0. The van der Waals surface area contributed by atoms with E-state index in [1.54, 1.807) is 20.8 Å². The standard InChI is InChI=1S/C8H17NO4/c1-8(2,3)9-7(12)13-6(4-10)5-11/h6,10-11H,4-5H2,1-3H3,(H,9,12). The van der Waals surface area contributed by atoms with E-state index in [4.69, 9.17) is 10.2 Å². The monoisotopic (exact) mass is 191 g/mol. The summed E-state index contributed by atoms with van der Waals surface area (Å²) in [6, 6.07) is 0. The number of hydrogen-bond donors (Lipinski definition) is 3. The molecule has 0 heterocycles.